The Kier molecular flexibility index (Phi) is 8.69. The van der Waals surface area contributed by atoms with Gasteiger partial charge in [-0.1, -0.05) is 51.9 Å². The molecule has 0 aromatic carbocycles. The molecule has 148 valence electrons. The van der Waals surface area contributed by atoms with E-state index in [9.17, 15) is 9.90 Å². The number of carbonyl (C=O) groups is 1. The Morgan fingerprint density at radius 3 is 2.32 bits per heavy atom. The van der Waals surface area contributed by atoms with Gasteiger partial charge in [0.05, 0.1) is 18.8 Å². The Bertz CT molecular complexity index is 403. The van der Waals surface area contributed by atoms with E-state index >= 15 is 0 Å². The zero-order valence-corrected chi connectivity index (χ0v) is 17.1. The van der Waals surface area contributed by atoms with E-state index in [1.165, 1.54) is 32.1 Å². The first-order chi connectivity index (χ1) is 11.6. The molecule has 1 heterocycles. The minimum Gasteiger partial charge on any atom is -0.444 e. The molecule has 1 saturated heterocycles. The van der Waals surface area contributed by atoms with Crippen LogP contribution in [0.5, 0.6) is 0 Å². The van der Waals surface area contributed by atoms with E-state index in [2.05, 4.69) is 6.92 Å². The second-order valence-electron chi connectivity index (χ2n) is 8.65. The quantitative estimate of drug-likeness (QED) is 0.599. The number of nitrogens with zero attached hydrogens (tertiary/aromatic N) is 1. The average molecular weight is 358 g/mol. The Morgan fingerprint density at radius 1 is 1.20 bits per heavy atom. The zero-order chi connectivity index (χ0) is 19.1. The van der Waals surface area contributed by atoms with Gasteiger partial charge in [0, 0.05) is 0 Å². The maximum absolute atomic E-state index is 12.6. The van der Waals surface area contributed by atoms with E-state index in [1.54, 1.807) is 4.90 Å². The first kappa shape index (κ1) is 22.2. The van der Waals surface area contributed by atoms with E-state index in [-0.39, 0.29) is 6.04 Å². The molecule has 0 saturated carbocycles. The van der Waals surface area contributed by atoms with Crippen LogP contribution in [0.3, 0.4) is 0 Å². The Balaban J connectivity index is 2.49. The van der Waals surface area contributed by atoms with Gasteiger partial charge in [-0.2, -0.15) is 0 Å². The van der Waals surface area contributed by atoms with E-state index in [0.717, 1.165) is 12.8 Å². The maximum atomic E-state index is 12.6. The van der Waals surface area contributed by atoms with Crippen LogP contribution in [0.4, 0.5) is 4.79 Å². The van der Waals surface area contributed by atoms with E-state index in [0.29, 0.717) is 13.0 Å². The third kappa shape index (κ3) is 7.53. The highest BCUT2D eigenvalue weighted by atomic mass is 16.6. The van der Waals surface area contributed by atoms with Gasteiger partial charge in [0.2, 0.25) is 0 Å². The fourth-order valence-corrected chi connectivity index (χ4v) is 3.29. The first-order valence-electron chi connectivity index (χ1n) is 9.93. The summed E-state index contributed by atoms with van der Waals surface area (Å²) in [5.74, 6) is 0. The Labute approximate surface area is 154 Å². The van der Waals surface area contributed by atoms with Crippen LogP contribution in [0.1, 0.15) is 92.9 Å². The number of aliphatic hydroxyl groups excluding tert-OH is 1. The lowest BCUT2D eigenvalue weighted by molar-refractivity contribution is -0.0681. The van der Waals surface area contributed by atoms with Crippen LogP contribution in [-0.2, 0) is 9.47 Å². The number of rotatable bonds is 9. The molecular weight excluding hydrogens is 318 g/mol. The van der Waals surface area contributed by atoms with Crippen LogP contribution in [0, 0.1) is 0 Å². The fraction of sp³-hybridized carbons (Fsp3) is 0.950. The van der Waals surface area contributed by atoms with Crippen molar-refractivity contribution in [3.8, 4) is 0 Å². The number of hydrogen-bond acceptors (Lipinski definition) is 4. The summed E-state index contributed by atoms with van der Waals surface area (Å²) in [6, 6.07) is -0.343. The summed E-state index contributed by atoms with van der Waals surface area (Å²) >= 11 is 0. The topological polar surface area (TPSA) is 59.0 Å². The van der Waals surface area contributed by atoms with Crippen molar-refractivity contribution in [2.24, 2.45) is 0 Å². The smallest absolute Gasteiger partial charge is 0.412 e. The highest BCUT2D eigenvalue weighted by molar-refractivity contribution is 5.69. The second-order valence-corrected chi connectivity index (χ2v) is 8.65. The number of carbonyl (C=O) groups excluding carboxylic acids is 1. The predicted molar refractivity (Wildman–Crippen MR) is 101 cm³/mol. The van der Waals surface area contributed by atoms with Crippen LogP contribution in [0.2, 0.25) is 0 Å². The summed E-state index contributed by atoms with van der Waals surface area (Å²) in [6.07, 6.45) is 8.16. The number of ether oxygens (including phenoxy) is 2. The lowest BCUT2D eigenvalue weighted by atomic mass is 10.0. The molecule has 5 nitrogen and oxygen atoms in total. The molecule has 0 bridgehead atoms. The molecule has 0 spiro atoms. The molecule has 25 heavy (non-hydrogen) atoms. The third-order valence-corrected chi connectivity index (χ3v) is 4.66. The number of unbranched alkanes of at least 4 members (excludes halogenated alkanes) is 6. The van der Waals surface area contributed by atoms with Gasteiger partial charge in [-0.3, -0.25) is 4.90 Å². The molecule has 1 rings (SSSR count). The molecule has 0 unspecified atom stereocenters. The molecule has 0 radical (unpaired) electrons. The standard InChI is InChI=1S/C20H39NO4/c1-7-8-9-10-11-12-13-14-17(22)16-15-24-20(5,6)21(16)18(23)25-19(2,3)4/h16-17,22H,7-15H2,1-6H3/t16-,17+/m1/s1. The van der Waals surface area contributed by atoms with Crippen molar-refractivity contribution in [2.75, 3.05) is 6.61 Å². The highest BCUT2D eigenvalue weighted by Gasteiger charge is 2.48. The van der Waals surface area contributed by atoms with E-state index in [4.69, 9.17) is 9.47 Å². The molecule has 0 aliphatic carbocycles. The van der Waals surface area contributed by atoms with Crippen molar-refractivity contribution in [1.82, 2.24) is 4.90 Å². The molecule has 1 aliphatic heterocycles. The van der Waals surface area contributed by atoms with Gasteiger partial charge in [-0.05, 0) is 41.0 Å². The van der Waals surface area contributed by atoms with E-state index < -0.39 is 23.5 Å². The normalized spacial score (nSPS) is 21.4. The summed E-state index contributed by atoms with van der Waals surface area (Å²) in [4.78, 5) is 14.2. The molecule has 1 fully saturated rings. The number of aliphatic hydroxyl groups is 1. The lowest BCUT2D eigenvalue weighted by Gasteiger charge is -2.36. The minimum atomic E-state index is -0.756. The monoisotopic (exact) mass is 357 g/mol. The van der Waals surface area contributed by atoms with Crippen molar-refractivity contribution in [3.63, 3.8) is 0 Å². The lowest BCUT2D eigenvalue weighted by Crippen LogP contribution is -2.53. The molecule has 1 N–H and O–H groups in total. The summed E-state index contributed by atoms with van der Waals surface area (Å²) in [5, 5.41) is 10.6. The van der Waals surface area contributed by atoms with Gasteiger partial charge in [0.25, 0.3) is 0 Å². The second kappa shape index (κ2) is 9.77. The van der Waals surface area contributed by atoms with Crippen LogP contribution < -0.4 is 0 Å². The first-order valence-corrected chi connectivity index (χ1v) is 9.93. The average Bonchev–Trinajstić information content (AvgIpc) is 2.80. The summed E-state index contributed by atoms with van der Waals surface area (Å²) in [6.45, 7) is 11.8. The summed E-state index contributed by atoms with van der Waals surface area (Å²) in [5.41, 5.74) is -1.32. The minimum absolute atomic E-state index is 0.343. The van der Waals surface area contributed by atoms with Crippen LogP contribution >= 0.6 is 0 Å². The molecule has 1 aliphatic rings. The number of amides is 1. The van der Waals surface area contributed by atoms with Crippen LogP contribution in [0.25, 0.3) is 0 Å². The maximum Gasteiger partial charge on any atom is 0.412 e. The largest absolute Gasteiger partial charge is 0.444 e. The van der Waals surface area contributed by atoms with Gasteiger partial charge < -0.3 is 14.6 Å². The van der Waals surface area contributed by atoms with Crippen molar-refractivity contribution < 1.29 is 19.4 Å². The van der Waals surface area contributed by atoms with Crippen molar-refractivity contribution >= 4 is 6.09 Å². The fourth-order valence-electron chi connectivity index (χ4n) is 3.29. The van der Waals surface area contributed by atoms with E-state index in [1.807, 2.05) is 34.6 Å². The molecule has 0 aromatic heterocycles. The molecule has 5 heteroatoms. The van der Waals surface area contributed by atoms with Crippen molar-refractivity contribution in [3.05, 3.63) is 0 Å². The van der Waals surface area contributed by atoms with Crippen molar-refractivity contribution in [2.45, 2.75) is 116 Å². The van der Waals surface area contributed by atoms with Crippen LogP contribution in [-0.4, -0.2) is 46.2 Å². The Morgan fingerprint density at radius 2 is 1.76 bits per heavy atom. The molecule has 1 amide bonds. The SMILES string of the molecule is CCCCCCCCC[C@H](O)[C@H]1COC(C)(C)N1C(=O)OC(C)(C)C. The zero-order valence-electron chi connectivity index (χ0n) is 17.1. The third-order valence-electron chi connectivity index (χ3n) is 4.66. The van der Waals surface area contributed by atoms with Gasteiger partial charge in [0.1, 0.15) is 11.3 Å². The molecule has 0 aromatic rings. The molecule has 2 atom stereocenters. The van der Waals surface area contributed by atoms with Crippen LogP contribution in [0.15, 0.2) is 0 Å². The van der Waals surface area contributed by atoms with Gasteiger partial charge in [-0.25, -0.2) is 4.79 Å². The summed E-state index contributed by atoms with van der Waals surface area (Å²) < 4.78 is 11.3. The number of hydrogen-bond donors (Lipinski definition) is 1. The molecular formula is C20H39NO4. The summed E-state index contributed by atoms with van der Waals surface area (Å²) in [7, 11) is 0. The Hall–Kier alpha value is -0.810. The highest BCUT2D eigenvalue weighted by Crippen LogP contribution is 2.32. The van der Waals surface area contributed by atoms with Gasteiger partial charge in [-0.15, -0.1) is 0 Å². The van der Waals surface area contributed by atoms with Crippen molar-refractivity contribution in [1.29, 1.82) is 0 Å². The predicted octanol–water partition coefficient (Wildman–Crippen LogP) is 4.86. The van der Waals surface area contributed by atoms with Gasteiger partial charge >= 0.3 is 6.09 Å². The van der Waals surface area contributed by atoms with Gasteiger partial charge in [0.15, 0.2) is 0 Å².